The molecule has 19 nitrogen and oxygen atoms in total. The molecule has 3 atom stereocenters. The summed E-state index contributed by atoms with van der Waals surface area (Å²) in [7, 11) is -14.1. The molecule has 3 unspecified atom stereocenters. The van der Waals surface area contributed by atoms with Crippen LogP contribution in [-0.2, 0) is 44.7 Å². The number of unbranched alkanes of at least 4 members (excludes halogenated alkanes) is 9. The third-order valence-corrected chi connectivity index (χ3v) is 10.4. The van der Waals surface area contributed by atoms with Crippen molar-refractivity contribution in [2.45, 2.75) is 116 Å². The second-order valence-corrected chi connectivity index (χ2v) is 18.4. The summed E-state index contributed by atoms with van der Waals surface area (Å²) in [4.78, 5) is 43.0. The second kappa shape index (κ2) is 27.6. The fraction of sp³-hybridized carbons (Fsp3) is 0.909. The normalized spacial score (nSPS) is 14.1. The molecule has 0 radical (unpaired) electrons. The zero-order chi connectivity index (χ0) is 42.2. The Hall–Kier alpha value is -2.02. The molecule has 0 spiro atoms. The van der Waals surface area contributed by atoms with Crippen molar-refractivity contribution in [1.82, 2.24) is 19.6 Å². The standard InChI is InChI=1S/C33H66N4O15S3/c1-4-7-10-13-16-35(31(41)25-53(44,45)46)22-28(38)19-34(20-29(39)23-36(17-14-11-8-5-2)32(42)26-54(47,48)49)21-30(40)24-37(18-15-12-9-6-3)33(43)27-55(50,51)52/h28-30,38-40H,4-27H2,1-3H3,(H,44,45,46)(H,47,48,49)(H,50,51,52). The molecule has 0 aliphatic carbocycles. The molecule has 22 heteroatoms. The van der Waals surface area contributed by atoms with Gasteiger partial charge in [-0.15, -0.1) is 0 Å². The van der Waals surface area contributed by atoms with E-state index in [2.05, 4.69) is 0 Å². The predicted octanol–water partition coefficient (Wildman–Crippen LogP) is 0.261. The Kier molecular flexibility index (Phi) is 26.6. The molecule has 0 aliphatic rings. The number of nitrogens with zero attached hydrogens (tertiary/aromatic N) is 4. The molecule has 0 aromatic carbocycles. The van der Waals surface area contributed by atoms with E-state index < -0.39 is 103 Å². The Labute approximate surface area is 327 Å². The van der Waals surface area contributed by atoms with E-state index in [0.717, 1.165) is 53.2 Å². The molecule has 0 bridgehead atoms. The van der Waals surface area contributed by atoms with Crippen molar-refractivity contribution in [3.05, 3.63) is 0 Å². The van der Waals surface area contributed by atoms with Gasteiger partial charge in [0.25, 0.3) is 30.4 Å². The van der Waals surface area contributed by atoms with Crippen molar-refractivity contribution in [2.24, 2.45) is 0 Å². The number of carbonyl (C=O) groups excluding carboxylic acids is 3. The van der Waals surface area contributed by atoms with Crippen molar-refractivity contribution in [3.63, 3.8) is 0 Å². The van der Waals surface area contributed by atoms with E-state index >= 15 is 0 Å². The maximum Gasteiger partial charge on any atom is 0.274 e. The van der Waals surface area contributed by atoms with E-state index in [0.29, 0.717) is 38.5 Å². The van der Waals surface area contributed by atoms with Gasteiger partial charge in [0.05, 0.1) is 18.3 Å². The van der Waals surface area contributed by atoms with Gasteiger partial charge in [0.2, 0.25) is 17.7 Å². The molecule has 0 saturated carbocycles. The van der Waals surface area contributed by atoms with Gasteiger partial charge in [-0.2, -0.15) is 25.3 Å². The van der Waals surface area contributed by atoms with Crippen LogP contribution in [-0.4, -0.2) is 186 Å². The van der Waals surface area contributed by atoms with Crippen molar-refractivity contribution >= 4 is 48.1 Å². The highest BCUT2D eigenvalue weighted by Gasteiger charge is 2.29. The average molecular weight is 855 g/mol. The summed E-state index contributed by atoms with van der Waals surface area (Å²) < 4.78 is 96.7. The highest BCUT2D eigenvalue weighted by Crippen LogP contribution is 2.11. The summed E-state index contributed by atoms with van der Waals surface area (Å²) in [6, 6.07) is 0. The van der Waals surface area contributed by atoms with Crippen LogP contribution in [0.4, 0.5) is 0 Å². The van der Waals surface area contributed by atoms with E-state index in [1.54, 1.807) is 0 Å². The zero-order valence-electron chi connectivity index (χ0n) is 32.6. The lowest BCUT2D eigenvalue weighted by atomic mass is 10.1. The SMILES string of the molecule is CCCCCCN(CC(O)CN(CC(O)CN(CCCCCC)C(=O)CS(=O)(=O)O)CC(O)CN(CCCCCC)C(=O)CS(=O)(=O)O)C(=O)CS(=O)(=O)O. The van der Waals surface area contributed by atoms with Gasteiger partial charge in [-0.05, 0) is 19.3 Å². The Morgan fingerprint density at radius 1 is 0.418 bits per heavy atom. The van der Waals surface area contributed by atoms with E-state index in [9.17, 15) is 68.6 Å². The maximum atomic E-state index is 12.8. The first kappa shape index (κ1) is 53.0. The number of hydrogen-bond donors (Lipinski definition) is 6. The monoisotopic (exact) mass is 854 g/mol. The zero-order valence-corrected chi connectivity index (χ0v) is 35.0. The molecule has 0 saturated heterocycles. The van der Waals surface area contributed by atoms with Crippen LogP contribution in [0.1, 0.15) is 97.8 Å². The first-order valence-corrected chi connectivity index (χ1v) is 23.8. The molecule has 326 valence electrons. The van der Waals surface area contributed by atoms with Gasteiger partial charge < -0.3 is 30.0 Å². The molecule has 0 aliphatic heterocycles. The number of amides is 3. The Bertz CT molecular complexity index is 1280. The Balaban J connectivity index is 6.36. The fourth-order valence-corrected chi connectivity index (χ4v) is 7.42. The van der Waals surface area contributed by atoms with Gasteiger partial charge in [-0.1, -0.05) is 78.6 Å². The Morgan fingerprint density at radius 2 is 0.655 bits per heavy atom. The van der Waals surface area contributed by atoms with Crippen LogP contribution in [0, 0.1) is 0 Å². The van der Waals surface area contributed by atoms with Gasteiger partial charge in [0.15, 0.2) is 17.3 Å². The summed E-state index contributed by atoms with van der Waals surface area (Å²) in [6.07, 6.45) is 4.34. The van der Waals surface area contributed by atoms with E-state index in [-0.39, 0.29) is 39.3 Å². The fourth-order valence-electron chi connectivity index (χ4n) is 5.94. The quantitative estimate of drug-likeness (QED) is 0.0381. The van der Waals surface area contributed by atoms with Crippen LogP contribution < -0.4 is 0 Å². The molecule has 0 heterocycles. The van der Waals surface area contributed by atoms with Crippen molar-refractivity contribution in [2.75, 3.05) is 76.2 Å². The number of hydrogen-bond acceptors (Lipinski definition) is 13. The van der Waals surface area contributed by atoms with Crippen molar-refractivity contribution in [3.8, 4) is 0 Å². The number of carbonyl (C=O) groups is 3. The maximum absolute atomic E-state index is 12.8. The molecule has 55 heavy (non-hydrogen) atoms. The first-order chi connectivity index (χ1) is 25.5. The molecule has 0 fully saturated rings. The van der Waals surface area contributed by atoms with Crippen LogP contribution >= 0.6 is 0 Å². The molecule has 0 aromatic heterocycles. The van der Waals surface area contributed by atoms with Crippen LogP contribution in [0.2, 0.25) is 0 Å². The minimum atomic E-state index is -4.70. The summed E-state index contributed by atoms with van der Waals surface area (Å²) in [5, 5.41) is 33.5. The molecular weight excluding hydrogens is 789 g/mol. The number of aliphatic hydroxyl groups excluding tert-OH is 3. The summed E-state index contributed by atoms with van der Waals surface area (Å²) in [6.45, 7) is 3.78. The molecule has 6 N–H and O–H groups in total. The largest absolute Gasteiger partial charge is 0.390 e. The highest BCUT2D eigenvalue weighted by atomic mass is 32.2. The average Bonchev–Trinajstić information content (AvgIpc) is 3.02. The summed E-state index contributed by atoms with van der Waals surface area (Å²) in [5.74, 6) is -6.53. The van der Waals surface area contributed by atoms with Gasteiger partial charge in [-0.25, -0.2) is 0 Å². The number of rotatable bonds is 33. The number of aliphatic hydroxyl groups is 3. The van der Waals surface area contributed by atoms with Crippen molar-refractivity contribution < 1.29 is 68.6 Å². The third kappa shape index (κ3) is 28.9. The van der Waals surface area contributed by atoms with Crippen molar-refractivity contribution in [1.29, 1.82) is 0 Å². The minimum Gasteiger partial charge on any atom is -0.390 e. The highest BCUT2D eigenvalue weighted by molar-refractivity contribution is 7.87. The molecular formula is C33H66N4O15S3. The second-order valence-electron chi connectivity index (χ2n) is 14.1. The molecule has 0 rings (SSSR count). The van der Waals surface area contributed by atoms with Gasteiger partial charge in [-0.3, -0.25) is 32.9 Å². The van der Waals surface area contributed by atoms with Crippen LogP contribution in [0.3, 0.4) is 0 Å². The molecule has 0 aromatic rings. The minimum absolute atomic E-state index is 0.0579. The first-order valence-electron chi connectivity index (χ1n) is 18.9. The van der Waals surface area contributed by atoms with Gasteiger partial charge in [0, 0.05) is 58.9 Å². The van der Waals surface area contributed by atoms with Gasteiger partial charge >= 0.3 is 0 Å². The van der Waals surface area contributed by atoms with Crippen LogP contribution in [0.15, 0.2) is 0 Å². The summed E-state index contributed by atoms with van der Waals surface area (Å²) >= 11 is 0. The van der Waals surface area contributed by atoms with E-state index in [4.69, 9.17) is 0 Å². The smallest absolute Gasteiger partial charge is 0.274 e. The lowest BCUT2D eigenvalue weighted by Crippen LogP contribution is -2.51. The van der Waals surface area contributed by atoms with E-state index in [1.807, 2.05) is 20.8 Å². The lowest BCUT2D eigenvalue weighted by molar-refractivity contribution is -0.130. The Morgan fingerprint density at radius 3 is 0.855 bits per heavy atom. The van der Waals surface area contributed by atoms with E-state index in [1.165, 1.54) is 4.90 Å². The summed E-state index contributed by atoms with van der Waals surface area (Å²) in [5.41, 5.74) is 0. The molecule has 3 amide bonds. The topological polar surface area (TPSA) is 288 Å². The van der Waals surface area contributed by atoms with Gasteiger partial charge in [0.1, 0.15) is 0 Å². The lowest BCUT2D eigenvalue weighted by Gasteiger charge is -2.34. The van der Waals surface area contributed by atoms with Crippen LogP contribution in [0.5, 0.6) is 0 Å². The third-order valence-electron chi connectivity index (χ3n) is 8.52. The predicted molar refractivity (Wildman–Crippen MR) is 206 cm³/mol. The van der Waals surface area contributed by atoms with Crippen LogP contribution in [0.25, 0.3) is 0 Å².